The van der Waals surface area contributed by atoms with Crippen molar-refractivity contribution in [2.75, 3.05) is 41.4 Å². The Labute approximate surface area is 294 Å². The maximum atomic E-state index is 12.9. The summed E-state index contributed by atoms with van der Waals surface area (Å²) in [5.41, 5.74) is 6.88. The van der Waals surface area contributed by atoms with Gasteiger partial charge in [-0.05, 0) is 74.1 Å². The van der Waals surface area contributed by atoms with Gasteiger partial charge in [-0.15, -0.1) is 0 Å². The quantitative estimate of drug-likeness (QED) is 0.165. The number of urea groups is 1. The molecule has 2 saturated carbocycles. The number of benzene rings is 1. The Bertz CT molecular complexity index is 2320. The first kappa shape index (κ1) is 33.8. The van der Waals surface area contributed by atoms with Crippen LogP contribution >= 0.6 is 0 Å². The molecule has 0 unspecified atom stereocenters. The molecule has 0 bridgehead atoms. The van der Waals surface area contributed by atoms with Gasteiger partial charge in [0.1, 0.15) is 12.4 Å². The number of likely N-dealkylation sites (N-methyl/N-ethyl adjacent to an activating group) is 1. The number of nitrogens with one attached hydrogen (secondary N) is 1. The third-order valence-electron chi connectivity index (χ3n) is 9.56. The second kappa shape index (κ2) is 12.9. The minimum Gasteiger partial charge on any atom is -0.483 e. The fourth-order valence-corrected chi connectivity index (χ4v) is 6.99. The van der Waals surface area contributed by atoms with Gasteiger partial charge in [0.15, 0.2) is 5.65 Å². The average molecular weight is 712 g/mol. The monoisotopic (exact) mass is 711 g/mol. The van der Waals surface area contributed by atoms with Crippen LogP contribution in [-0.2, 0) is 26.2 Å². The zero-order valence-corrected chi connectivity index (χ0v) is 29.3. The average Bonchev–Trinajstić information content (AvgIpc) is 4.03. The van der Waals surface area contributed by atoms with Crippen molar-refractivity contribution < 1.29 is 27.9 Å². The molecule has 51 heavy (non-hydrogen) atoms. The first-order valence-corrected chi connectivity index (χ1v) is 18.3. The van der Waals surface area contributed by atoms with Gasteiger partial charge in [-0.25, -0.2) is 28.2 Å². The van der Waals surface area contributed by atoms with E-state index in [1.165, 1.54) is 22.5 Å². The standard InChI is InChI=1S/C34H35N9O4S.CH2O2/c1-19-9-10-35-32(37-19)26-13-25(26)28-14-29(41(3)48(4,46)47)24-8-7-22(12-27(24)39-28)36-15-23-17-42-16-21(20-5-6-20)11-30(33(42)38-23)43-18-31(44)40(2)34(43)45;2-1-3/h7-12,14,16-17,20,25-26,36H,5-6,13,15,18H2,1-4H3;1H,(H,2,3)/t25-,26-;/m0./s1. The lowest BCUT2D eigenvalue weighted by molar-refractivity contribution is -0.124. The number of imide groups is 1. The number of anilines is 3. The summed E-state index contributed by atoms with van der Waals surface area (Å²) in [7, 11) is -0.467. The highest BCUT2D eigenvalue weighted by molar-refractivity contribution is 7.92. The number of pyridine rings is 2. The highest BCUT2D eigenvalue weighted by atomic mass is 32.2. The van der Waals surface area contributed by atoms with E-state index in [0.717, 1.165) is 63.7 Å². The van der Waals surface area contributed by atoms with Crippen LogP contribution in [0.25, 0.3) is 16.6 Å². The molecule has 2 N–H and O–H groups in total. The van der Waals surface area contributed by atoms with Gasteiger partial charge < -0.3 is 14.8 Å². The minimum absolute atomic E-state index is 0.0121. The molecule has 5 heterocycles. The Morgan fingerprint density at radius 2 is 1.82 bits per heavy atom. The minimum atomic E-state index is -3.53. The van der Waals surface area contributed by atoms with Crippen molar-refractivity contribution in [3.63, 3.8) is 0 Å². The summed E-state index contributed by atoms with van der Waals surface area (Å²) in [5.74, 6) is 1.19. The number of hydrogen-bond acceptors (Lipinski definition) is 10. The van der Waals surface area contributed by atoms with E-state index in [1.54, 1.807) is 13.2 Å². The SMILES string of the molecule is Cc1ccnc([C@H]2C[C@@H]2c2cc(N(C)S(C)(=O)=O)c3ccc(NCc4cn5cc(C6CC6)cc(N6CC(=O)N(C)C6=O)c5n4)cc3n2)n1.O=CO. The molecule has 15 nitrogen and oxygen atoms in total. The van der Waals surface area contributed by atoms with Crippen molar-refractivity contribution in [1.82, 2.24) is 29.2 Å². The van der Waals surface area contributed by atoms with Gasteiger partial charge >= 0.3 is 6.03 Å². The Morgan fingerprint density at radius 3 is 2.49 bits per heavy atom. The number of amides is 3. The van der Waals surface area contributed by atoms with Crippen LogP contribution in [0.3, 0.4) is 0 Å². The second-order valence-corrected chi connectivity index (χ2v) is 15.2. The highest BCUT2D eigenvalue weighted by Crippen LogP contribution is 2.54. The molecule has 2 atom stereocenters. The summed E-state index contributed by atoms with van der Waals surface area (Å²) in [6.07, 6.45) is 10.0. The number of aryl methyl sites for hydroxylation is 1. The summed E-state index contributed by atoms with van der Waals surface area (Å²) in [6.45, 7) is 2.07. The number of carbonyl (C=O) groups is 3. The molecule has 16 heteroatoms. The molecule has 1 aromatic carbocycles. The zero-order chi connectivity index (χ0) is 36.2. The summed E-state index contributed by atoms with van der Waals surface area (Å²) in [6, 6.07) is 11.1. The Kier molecular flexibility index (Phi) is 8.57. The van der Waals surface area contributed by atoms with E-state index in [0.29, 0.717) is 35.0 Å². The molecular weight excluding hydrogens is 675 g/mol. The molecule has 1 aliphatic heterocycles. The predicted molar refractivity (Wildman–Crippen MR) is 191 cm³/mol. The number of sulfonamides is 1. The van der Waals surface area contributed by atoms with Gasteiger partial charge in [0, 0.05) is 67.0 Å². The molecule has 264 valence electrons. The summed E-state index contributed by atoms with van der Waals surface area (Å²) < 4.78 is 28.5. The van der Waals surface area contributed by atoms with Crippen molar-refractivity contribution in [3.8, 4) is 0 Å². The maximum absolute atomic E-state index is 12.9. The maximum Gasteiger partial charge on any atom is 0.331 e. The van der Waals surface area contributed by atoms with E-state index in [2.05, 4.69) is 21.5 Å². The van der Waals surface area contributed by atoms with Crippen molar-refractivity contribution in [3.05, 3.63) is 83.5 Å². The van der Waals surface area contributed by atoms with Gasteiger partial charge in [-0.3, -0.25) is 28.7 Å². The lowest BCUT2D eigenvalue weighted by atomic mass is 10.1. The topological polar surface area (TPSA) is 183 Å². The van der Waals surface area contributed by atoms with Crippen LogP contribution in [0.5, 0.6) is 0 Å². The molecule has 1 saturated heterocycles. The smallest absolute Gasteiger partial charge is 0.331 e. The lowest BCUT2D eigenvalue weighted by Crippen LogP contribution is -2.30. The molecule has 3 aliphatic rings. The molecule has 8 rings (SSSR count). The summed E-state index contributed by atoms with van der Waals surface area (Å²) in [4.78, 5) is 55.2. The molecule has 5 aromatic rings. The second-order valence-electron chi connectivity index (χ2n) is 13.2. The largest absolute Gasteiger partial charge is 0.483 e. The summed E-state index contributed by atoms with van der Waals surface area (Å²) >= 11 is 0. The van der Waals surface area contributed by atoms with Gasteiger partial charge in [0.05, 0.1) is 35.4 Å². The van der Waals surface area contributed by atoms with E-state index in [4.69, 9.17) is 19.9 Å². The van der Waals surface area contributed by atoms with E-state index in [-0.39, 0.29) is 36.8 Å². The van der Waals surface area contributed by atoms with E-state index in [1.807, 2.05) is 53.9 Å². The first-order chi connectivity index (χ1) is 24.4. The highest BCUT2D eigenvalue weighted by Gasteiger charge is 2.43. The van der Waals surface area contributed by atoms with E-state index in [9.17, 15) is 18.0 Å². The van der Waals surface area contributed by atoms with Gasteiger partial charge in [-0.1, -0.05) is 0 Å². The molecule has 2 aliphatic carbocycles. The molecule has 3 amide bonds. The number of carbonyl (C=O) groups excluding carboxylic acids is 2. The fraction of sp³-hybridized carbons (Fsp3) is 0.343. The Morgan fingerprint density at radius 1 is 1.06 bits per heavy atom. The van der Waals surface area contributed by atoms with Crippen LogP contribution in [0.4, 0.5) is 21.9 Å². The normalized spacial score (nSPS) is 18.6. The zero-order valence-electron chi connectivity index (χ0n) is 28.5. The number of hydrogen-bond donors (Lipinski definition) is 2. The molecule has 0 radical (unpaired) electrons. The summed E-state index contributed by atoms with van der Waals surface area (Å²) in [5, 5.41) is 11.1. The van der Waals surface area contributed by atoms with Crippen molar-refractivity contribution in [2.24, 2.45) is 0 Å². The number of aromatic nitrogens is 5. The van der Waals surface area contributed by atoms with Crippen molar-refractivity contribution >= 4 is 62.0 Å². The van der Waals surface area contributed by atoms with Crippen LogP contribution in [0.15, 0.2) is 55.0 Å². The lowest BCUT2D eigenvalue weighted by Gasteiger charge is -2.20. The molecular formula is C35H37N9O6S. The Balaban J connectivity index is 0.00000131. The van der Waals surface area contributed by atoms with E-state index < -0.39 is 10.0 Å². The van der Waals surface area contributed by atoms with Crippen molar-refractivity contribution in [1.29, 1.82) is 0 Å². The number of fused-ring (bicyclic) bond motifs is 2. The molecule has 0 spiro atoms. The van der Waals surface area contributed by atoms with Gasteiger partial charge in [0.2, 0.25) is 15.9 Å². The number of imidazole rings is 1. The predicted octanol–water partition coefficient (Wildman–Crippen LogP) is 4.24. The van der Waals surface area contributed by atoms with Crippen LogP contribution < -0.4 is 14.5 Å². The first-order valence-electron chi connectivity index (χ1n) is 16.5. The van der Waals surface area contributed by atoms with Crippen LogP contribution in [0.2, 0.25) is 0 Å². The third kappa shape index (κ3) is 6.66. The fourth-order valence-electron chi connectivity index (χ4n) is 6.48. The third-order valence-corrected chi connectivity index (χ3v) is 10.8. The number of carboxylic acid groups (broad SMARTS) is 1. The molecule has 4 aromatic heterocycles. The van der Waals surface area contributed by atoms with Gasteiger partial charge in [0.25, 0.3) is 6.47 Å². The van der Waals surface area contributed by atoms with Crippen LogP contribution in [0, 0.1) is 6.92 Å². The number of nitrogens with zero attached hydrogens (tertiary/aromatic N) is 8. The van der Waals surface area contributed by atoms with Crippen LogP contribution in [0.1, 0.15) is 65.5 Å². The number of rotatable bonds is 9. The van der Waals surface area contributed by atoms with Crippen molar-refractivity contribution in [2.45, 2.75) is 50.5 Å². The Hall–Kier alpha value is -5.64. The molecule has 3 fully saturated rings. The van der Waals surface area contributed by atoms with E-state index >= 15 is 0 Å². The van der Waals surface area contributed by atoms with Crippen LogP contribution in [-0.4, -0.2) is 88.1 Å². The van der Waals surface area contributed by atoms with Gasteiger partial charge in [-0.2, -0.15) is 0 Å².